The first kappa shape index (κ1) is 17.5. The number of esters is 1. The van der Waals surface area contributed by atoms with Crippen LogP contribution < -0.4 is 5.32 Å². The van der Waals surface area contributed by atoms with Gasteiger partial charge in [0.05, 0.1) is 12.7 Å². The number of hydrogen-bond donors (Lipinski definition) is 1. The molecule has 0 heterocycles. The molecule has 3 rings (SSSR count). The van der Waals surface area contributed by atoms with E-state index in [4.69, 9.17) is 4.74 Å². The minimum atomic E-state index is -0.323. The number of anilines is 1. The van der Waals surface area contributed by atoms with Crippen LogP contribution in [-0.2, 0) is 11.3 Å². The number of rotatable bonds is 6. The fourth-order valence-corrected chi connectivity index (χ4v) is 2.63. The van der Waals surface area contributed by atoms with Crippen LogP contribution in [0.1, 0.15) is 27.0 Å². The van der Waals surface area contributed by atoms with E-state index in [9.17, 15) is 4.79 Å². The summed E-state index contributed by atoms with van der Waals surface area (Å²) in [5, 5.41) is 3.49. The number of methoxy groups -OCH3 is 1. The molecule has 0 amide bonds. The molecule has 0 aliphatic heterocycles. The van der Waals surface area contributed by atoms with Crippen LogP contribution in [0.3, 0.4) is 0 Å². The van der Waals surface area contributed by atoms with Crippen molar-refractivity contribution in [2.45, 2.75) is 6.54 Å². The van der Waals surface area contributed by atoms with Crippen molar-refractivity contribution < 1.29 is 9.53 Å². The maximum Gasteiger partial charge on any atom is 0.337 e. The zero-order valence-electron chi connectivity index (χ0n) is 14.7. The summed E-state index contributed by atoms with van der Waals surface area (Å²) < 4.78 is 4.72. The number of para-hydroxylation sites is 1. The molecule has 1 N–H and O–H groups in total. The molecule has 3 nitrogen and oxygen atoms in total. The summed E-state index contributed by atoms with van der Waals surface area (Å²) in [6.07, 6.45) is 4.10. The maximum atomic E-state index is 11.5. The van der Waals surface area contributed by atoms with Gasteiger partial charge in [0.15, 0.2) is 0 Å². The van der Waals surface area contributed by atoms with Crippen molar-refractivity contribution in [1.29, 1.82) is 0 Å². The Morgan fingerprint density at radius 1 is 0.885 bits per heavy atom. The number of benzene rings is 3. The van der Waals surface area contributed by atoms with Crippen molar-refractivity contribution in [2.24, 2.45) is 0 Å². The molecule has 3 aromatic rings. The Morgan fingerprint density at radius 3 is 2.31 bits per heavy atom. The van der Waals surface area contributed by atoms with Gasteiger partial charge in [-0.25, -0.2) is 4.79 Å². The maximum absolute atomic E-state index is 11.5. The Hall–Kier alpha value is -3.33. The van der Waals surface area contributed by atoms with Gasteiger partial charge in [0.2, 0.25) is 0 Å². The normalized spacial score (nSPS) is 10.7. The van der Waals surface area contributed by atoms with E-state index in [2.05, 4.69) is 35.7 Å². The van der Waals surface area contributed by atoms with Crippen LogP contribution in [0.5, 0.6) is 0 Å². The van der Waals surface area contributed by atoms with Crippen LogP contribution in [0, 0.1) is 0 Å². The predicted molar refractivity (Wildman–Crippen MR) is 107 cm³/mol. The fourth-order valence-electron chi connectivity index (χ4n) is 2.63. The Labute approximate surface area is 154 Å². The highest BCUT2D eigenvalue weighted by atomic mass is 16.5. The Bertz CT molecular complexity index is 884. The number of carbonyl (C=O) groups excluding carboxylic acids is 1. The zero-order chi connectivity index (χ0) is 18.2. The second-order valence-corrected chi connectivity index (χ2v) is 5.87. The van der Waals surface area contributed by atoms with Crippen LogP contribution >= 0.6 is 0 Å². The summed E-state index contributed by atoms with van der Waals surface area (Å²) >= 11 is 0. The van der Waals surface area contributed by atoms with Crippen molar-refractivity contribution in [2.75, 3.05) is 12.4 Å². The quantitative estimate of drug-likeness (QED) is 0.490. The molecular weight excluding hydrogens is 322 g/mol. The van der Waals surface area contributed by atoms with Gasteiger partial charge in [-0.2, -0.15) is 0 Å². The molecule has 0 radical (unpaired) electrons. The fraction of sp³-hybridized carbons (Fsp3) is 0.0870. The molecule has 26 heavy (non-hydrogen) atoms. The van der Waals surface area contributed by atoms with Crippen molar-refractivity contribution in [3.8, 4) is 0 Å². The van der Waals surface area contributed by atoms with Crippen LogP contribution in [0.25, 0.3) is 12.2 Å². The standard InChI is InChI=1S/C23H21NO2/c1-26-23(25)21-15-12-18(13-16-21)11-14-20-9-5-6-10-22(20)24-17-19-7-3-2-4-8-19/h2-16,24H,17H2,1H3. The molecule has 130 valence electrons. The van der Waals surface area contributed by atoms with Crippen molar-refractivity contribution in [3.05, 3.63) is 101 Å². The molecular formula is C23H21NO2. The smallest absolute Gasteiger partial charge is 0.337 e. The van der Waals surface area contributed by atoms with Crippen molar-refractivity contribution >= 4 is 23.8 Å². The second-order valence-electron chi connectivity index (χ2n) is 5.87. The van der Waals surface area contributed by atoms with Crippen LogP contribution in [-0.4, -0.2) is 13.1 Å². The van der Waals surface area contributed by atoms with Gasteiger partial charge in [0.25, 0.3) is 0 Å². The molecule has 3 aromatic carbocycles. The molecule has 0 atom stereocenters. The lowest BCUT2D eigenvalue weighted by Crippen LogP contribution is -2.00. The molecule has 0 fully saturated rings. The van der Waals surface area contributed by atoms with Crippen molar-refractivity contribution in [1.82, 2.24) is 0 Å². The Kier molecular flexibility index (Phi) is 5.84. The van der Waals surface area contributed by atoms with E-state index in [-0.39, 0.29) is 5.97 Å². The average molecular weight is 343 g/mol. The number of carbonyl (C=O) groups is 1. The van der Waals surface area contributed by atoms with E-state index >= 15 is 0 Å². The SMILES string of the molecule is COC(=O)c1ccc(C=Cc2ccccc2NCc2ccccc2)cc1. The molecule has 0 saturated carbocycles. The summed E-state index contributed by atoms with van der Waals surface area (Å²) in [5.41, 5.74) is 5.01. The minimum Gasteiger partial charge on any atom is -0.465 e. The number of nitrogens with one attached hydrogen (secondary N) is 1. The van der Waals surface area contributed by atoms with Gasteiger partial charge >= 0.3 is 5.97 Å². The van der Waals surface area contributed by atoms with Gasteiger partial charge in [-0.15, -0.1) is 0 Å². The van der Waals surface area contributed by atoms with E-state index in [0.717, 1.165) is 23.4 Å². The van der Waals surface area contributed by atoms with Crippen LogP contribution in [0.15, 0.2) is 78.9 Å². The van der Waals surface area contributed by atoms with E-state index in [0.29, 0.717) is 5.56 Å². The third-order valence-electron chi connectivity index (χ3n) is 4.07. The highest BCUT2D eigenvalue weighted by Gasteiger charge is 2.03. The summed E-state index contributed by atoms with van der Waals surface area (Å²) in [7, 11) is 1.38. The first-order chi connectivity index (χ1) is 12.8. The van der Waals surface area contributed by atoms with Gasteiger partial charge in [-0.1, -0.05) is 72.8 Å². The lowest BCUT2D eigenvalue weighted by molar-refractivity contribution is 0.0600. The Morgan fingerprint density at radius 2 is 1.58 bits per heavy atom. The largest absolute Gasteiger partial charge is 0.465 e. The third-order valence-corrected chi connectivity index (χ3v) is 4.07. The highest BCUT2D eigenvalue weighted by Crippen LogP contribution is 2.19. The molecule has 0 spiro atoms. The first-order valence-electron chi connectivity index (χ1n) is 8.49. The van der Waals surface area contributed by atoms with Crippen LogP contribution in [0.4, 0.5) is 5.69 Å². The molecule has 3 heteroatoms. The zero-order valence-corrected chi connectivity index (χ0v) is 14.7. The first-order valence-corrected chi connectivity index (χ1v) is 8.49. The number of hydrogen-bond acceptors (Lipinski definition) is 3. The third kappa shape index (κ3) is 4.61. The topological polar surface area (TPSA) is 38.3 Å². The molecule has 0 saturated heterocycles. The average Bonchev–Trinajstić information content (AvgIpc) is 2.72. The van der Waals surface area contributed by atoms with E-state index in [1.165, 1.54) is 12.7 Å². The van der Waals surface area contributed by atoms with E-state index in [1.807, 2.05) is 48.5 Å². The van der Waals surface area contributed by atoms with Gasteiger partial charge in [0, 0.05) is 12.2 Å². The van der Waals surface area contributed by atoms with Gasteiger partial charge in [0.1, 0.15) is 0 Å². The van der Waals surface area contributed by atoms with Crippen LogP contribution in [0.2, 0.25) is 0 Å². The summed E-state index contributed by atoms with van der Waals surface area (Å²) in [6.45, 7) is 0.777. The molecule has 0 bridgehead atoms. The summed E-state index contributed by atoms with van der Waals surface area (Å²) in [5.74, 6) is -0.323. The summed E-state index contributed by atoms with van der Waals surface area (Å²) in [4.78, 5) is 11.5. The van der Waals surface area contributed by atoms with Crippen molar-refractivity contribution in [3.63, 3.8) is 0 Å². The molecule has 0 aliphatic carbocycles. The molecule has 0 aliphatic rings. The Balaban J connectivity index is 1.71. The van der Waals surface area contributed by atoms with Gasteiger partial charge in [-0.05, 0) is 34.9 Å². The molecule has 0 aromatic heterocycles. The minimum absolute atomic E-state index is 0.323. The lowest BCUT2D eigenvalue weighted by Gasteiger charge is -2.09. The van der Waals surface area contributed by atoms with E-state index < -0.39 is 0 Å². The lowest BCUT2D eigenvalue weighted by atomic mass is 10.1. The van der Waals surface area contributed by atoms with Gasteiger partial charge < -0.3 is 10.1 Å². The highest BCUT2D eigenvalue weighted by molar-refractivity contribution is 5.89. The predicted octanol–water partition coefficient (Wildman–Crippen LogP) is 5.26. The van der Waals surface area contributed by atoms with Gasteiger partial charge in [-0.3, -0.25) is 0 Å². The monoisotopic (exact) mass is 343 g/mol. The second kappa shape index (κ2) is 8.67. The molecule has 0 unspecified atom stereocenters. The van der Waals surface area contributed by atoms with E-state index in [1.54, 1.807) is 12.1 Å². The number of ether oxygens (including phenoxy) is 1. The summed E-state index contributed by atoms with van der Waals surface area (Å²) in [6, 6.07) is 25.9.